The molecule has 1 aromatic carbocycles. The fourth-order valence-corrected chi connectivity index (χ4v) is 4.08. The number of hydrogen-bond acceptors (Lipinski definition) is 4. The third-order valence-electron chi connectivity index (χ3n) is 5.45. The van der Waals surface area contributed by atoms with E-state index in [1.807, 2.05) is 25.1 Å². The van der Waals surface area contributed by atoms with E-state index in [9.17, 15) is 14.4 Å². The second kappa shape index (κ2) is 9.75. The molecule has 8 nitrogen and oxygen atoms in total. The fraction of sp³-hybridized carbons (Fsp3) is 0.429. The Kier molecular flexibility index (Phi) is 7.10. The fourth-order valence-electron chi connectivity index (χ4n) is 3.84. The Balaban J connectivity index is 1.59. The van der Waals surface area contributed by atoms with Crippen LogP contribution in [0.25, 0.3) is 0 Å². The summed E-state index contributed by atoms with van der Waals surface area (Å²) >= 11 is 6.28. The monoisotopic (exact) mass is 431 g/mol. The highest BCUT2D eigenvalue weighted by molar-refractivity contribution is 6.33. The Labute approximate surface area is 180 Å². The van der Waals surface area contributed by atoms with Gasteiger partial charge in [-0.25, -0.2) is 4.98 Å². The summed E-state index contributed by atoms with van der Waals surface area (Å²) in [5.41, 5.74) is 0.933. The van der Waals surface area contributed by atoms with E-state index in [1.54, 1.807) is 11.0 Å². The first-order chi connectivity index (χ1) is 14.5. The number of nitrogens with zero attached hydrogens (tertiary/aromatic N) is 2. The molecule has 160 valence electrons. The molecule has 1 aliphatic rings. The predicted octanol–water partition coefficient (Wildman–Crippen LogP) is 2.76. The van der Waals surface area contributed by atoms with Gasteiger partial charge in [-0.2, -0.15) is 0 Å². The molecule has 0 saturated heterocycles. The number of rotatable bonds is 6. The van der Waals surface area contributed by atoms with Crippen LogP contribution in [0, 0.1) is 5.92 Å². The lowest BCUT2D eigenvalue weighted by molar-refractivity contribution is -0.123. The number of benzene rings is 1. The van der Waals surface area contributed by atoms with Gasteiger partial charge < -0.3 is 20.5 Å². The van der Waals surface area contributed by atoms with E-state index in [1.165, 1.54) is 13.4 Å². The number of hydrogen-bond donors (Lipinski definition) is 3. The quantitative estimate of drug-likeness (QED) is 0.653. The minimum absolute atomic E-state index is 0.0598. The van der Waals surface area contributed by atoms with Crippen molar-refractivity contribution in [3.8, 4) is 0 Å². The lowest BCUT2D eigenvalue weighted by Gasteiger charge is -2.32. The Morgan fingerprint density at radius 2 is 1.87 bits per heavy atom. The number of aromatic nitrogens is 2. The van der Waals surface area contributed by atoms with Gasteiger partial charge in [0, 0.05) is 25.6 Å². The van der Waals surface area contributed by atoms with Crippen molar-refractivity contribution in [2.24, 2.45) is 5.92 Å². The highest BCUT2D eigenvalue weighted by Crippen LogP contribution is 2.31. The van der Waals surface area contributed by atoms with Crippen LogP contribution in [0.2, 0.25) is 5.02 Å². The zero-order valence-electron chi connectivity index (χ0n) is 17.1. The zero-order chi connectivity index (χ0) is 21.7. The van der Waals surface area contributed by atoms with Gasteiger partial charge >= 0.3 is 0 Å². The van der Waals surface area contributed by atoms with Gasteiger partial charge in [0.15, 0.2) is 5.69 Å². The summed E-state index contributed by atoms with van der Waals surface area (Å²) < 4.78 is 0. The van der Waals surface area contributed by atoms with Crippen molar-refractivity contribution >= 4 is 35.0 Å². The number of nitrogens with one attached hydrogen (secondary N) is 3. The number of para-hydroxylation sites is 1. The Hall–Kier alpha value is -2.87. The van der Waals surface area contributed by atoms with Crippen LogP contribution in [-0.4, -0.2) is 47.3 Å². The molecular formula is C21H26ClN5O3. The molecule has 0 aliphatic heterocycles. The minimum Gasteiger partial charge on any atom is -0.354 e. The van der Waals surface area contributed by atoms with Gasteiger partial charge in [0.25, 0.3) is 11.8 Å². The molecule has 0 bridgehead atoms. The molecule has 1 heterocycles. The molecule has 1 aliphatic carbocycles. The Bertz CT molecular complexity index is 921. The zero-order valence-corrected chi connectivity index (χ0v) is 17.8. The first-order valence-corrected chi connectivity index (χ1v) is 10.5. The van der Waals surface area contributed by atoms with E-state index in [0.717, 1.165) is 5.69 Å². The number of H-pyrrole nitrogens is 1. The molecule has 30 heavy (non-hydrogen) atoms. The van der Waals surface area contributed by atoms with Crippen molar-refractivity contribution in [2.45, 2.75) is 38.6 Å². The first kappa shape index (κ1) is 21.8. The maximum atomic E-state index is 13.1. The van der Waals surface area contributed by atoms with Crippen molar-refractivity contribution in [3.63, 3.8) is 0 Å². The van der Waals surface area contributed by atoms with Crippen LogP contribution in [0.15, 0.2) is 30.6 Å². The molecule has 1 saturated carbocycles. The van der Waals surface area contributed by atoms with E-state index < -0.39 is 11.8 Å². The van der Waals surface area contributed by atoms with Crippen molar-refractivity contribution in [1.29, 1.82) is 0 Å². The summed E-state index contributed by atoms with van der Waals surface area (Å²) in [6, 6.07) is 7.27. The standard InChI is InChI=1S/C21H26ClN5O3/c1-3-27(16-7-5-4-6-15(16)22)21(30)13-8-10-14(11-9-13)26-20(29)18-17(19(28)23-2)24-12-25-18/h4-7,12-14H,3,8-11H2,1-2H3,(H,23,28)(H,24,25)(H,26,29). The highest BCUT2D eigenvalue weighted by atomic mass is 35.5. The maximum absolute atomic E-state index is 13.1. The van der Waals surface area contributed by atoms with Gasteiger partial charge in [-0.05, 0) is 44.7 Å². The van der Waals surface area contributed by atoms with Gasteiger partial charge in [0.1, 0.15) is 5.69 Å². The predicted molar refractivity (Wildman–Crippen MR) is 115 cm³/mol. The van der Waals surface area contributed by atoms with Crippen LogP contribution >= 0.6 is 11.6 Å². The summed E-state index contributed by atoms with van der Waals surface area (Å²) in [7, 11) is 1.49. The summed E-state index contributed by atoms with van der Waals surface area (Å²) in [5.74, 6) is -0.840. The van der Waals surface area contributed by atoms with E-state index in [4.69, 9.17) is 11.6 Å². The molecule has 0 atom stereocenters. The molecule has 2 aromatic rings. The number of aromatic amines is 1. The van der Waals surface area contributed by atoms with Gasteiger partial charge in [0.2, 0.25) is 5.91 Å². The number of carbonyl (C=O) groups excluding carboxylic acids is 3. The van der Waals surface area contributed by atoms with Crippen molar-refractivity contribution in [3.05, 3.63) is 47.0 Å². The number of halogens is 1. The van der Waals surface area contributed by atoms with E-state index in [-0.39, 0.29) is 29.3 Å². The lowest BCUT2D eigenvalue weighted by Crippen LogP contribution is -2.43. The summed E-state index contributed by atoms with van der Waals surface area (Å²) in [5, 5.41) is 5.97. The summed E-state index contributed by atoms with van der Waals surface area (Å²) in [6.07, 6.45) is 4.04. The summed E-state index contributed by atoms with van der Waals surface area (Å²) in [6.45, 7) is 2.47. The lowest BCUT2D eigenvalue weighted by atomic mass is 9.85. The minimum atomic E-state index is -0.397. The van der Waals surface area contributed by atoms with E-state index in [2.05, 4.69) is 20.6 Å². The average molecular weight is 432 g/mol. The molecule has 0 spiro atoms. The second-order valence-corrected chi connectivity index (χ2v) is 7.67. The van der Waals surface area contributed by atoms with Crippen LogP contribution in [-0.2, 0) is 4.79 Å². The van der Waals surface area contributed by atoms with Gasteiger partial charge in [-0.15, -0.1) is 0 Å². The normalized spacial score (nSPS) is 18.5. The molecule has 1 fully saturated rings. The third kappa shape index (κ3) is 4.64. The maximum Gasteiger partial charge on any atom is 0.272 e. The van der Waals surface area contributed by atoms with Gasteiger partial charge in [-0.3, -0.25) is 14.4 Å². The Morgan fingerprint density at radius 1 is 1.17 bits per heavy atom. The smallest absolute Gasteiger partial charge is 0.272 e. The molecule has 3 amide bonds. The van der Waals surface area contributed by atoms with Crippen LogP contribution in [0.5, 0.6) is 0 Å². The Morgan fingerprint density at radius 3 is 2.50 bits per heavy atom. The SMILES string of the molecule is CCN(C(=O)C1CCC(NC(=O)c2nc[nH]c2C(=O)NC)CC1)c1ccccc1Cl. The topological polar surface area (TPSA) is 107 Å². The van der Waals surface area contributed by atoms with Crippen LogP contribution in [0.4, 0.5) is 5.69 Å². The molecule has 9 heteroatoms. The largest absolute Gasteiger partial charge is 0.354 e. The number of amides is 3. The van der Waals surface area contributed by atoms with Crippen molar-refractivity contribution in [1.82, 2.24) is 20.6 Å². The van der Waals surface area contributed by atoms with E-state index in [0.29, 0.717) is 37.3 Å². The molecular weight excluding hydrogens is 406 g/mol. The summed E-state index contributed by atoms with van der Waals surface area (Å²) in [4.78, 5) is 45.8. The molecule has 3 rings (SSSR count). The van der Waals surface area contributed by atoms with Crippen LogP contribution in [0.3, 0.4) is 0 Å². The molecule has 1 aromatic heterocycles. The average Bonchev–Trinajstić information content (AvgIpc) is 3.25. The van der Waals surface area contributed by atoms with E-state index >= 15 is 0 Å². The van der Waals surface area contributed by atoms with Crippen molar-refractivity contribution < 1.29 is 14.4 Å². The second-order valence-electron chi connectivity index (χ2n) is 7.26. The van der Waals surface area contributed by atoms with Crippen LogP contribution in [0.1, 0.15) is 53.6 Å². The first-order valence-electron chi connectivity index (χ1n) is 10.1. The van der Waals surface area contributed by atoms with Gasteiger partial charge in [0.05, 0.1) is 17.0 Å². The van der Waals surface area contributed by atoms with Crippen LogP contribution < -0.4 is 15.5 Å². The molecule has 0 unspecified atom stereocenters. The number of imidazole rings is 1. The number of carbonyl (C=O) groups is 3. The van der Waals surface area contributed by atoms with Gasteiger partial charge in [-0.1, -0.05) is 23.7 Å². The van der Waals surface area contributed by atoms with Crippen molar-refractivity contribution in [2.75, 3.05) is 18.5 Å². The third-order valence-corrected chi connectivity index (χ3v) is 5.77. The molecule has 3 N–H and O–H groups in total. The highest BCUT2D eigenvalue weighted by Gasteiger charge is 2.31. The molecule has 0 radical (unpaired) electrons. The number of anilines is 1.